The molecule has 0 bridgehead atoms. The zero-order valence-corrected chi connectivity index (χ0v) is 17.7. The minimum atomic E-state index is -0.587. The van der Waals surface area contributed by atoms with Gasteiger partial charge in [0.1, 0.15) is 6.04 Å². The van der Waals surface area contributed by atoms with Gasteiger partial charge in [-0.05, 0) is 40.7 Å². The summed E-state index contributed by atoms with van der Waals surface area (Å²) in [6.07, 6.45) is 3.44. The molecule has 28 heavy (non-hydrogen) atoms. The van der Waals surface area contributed by atoms with Crippen molar-refractivity contribution in [2.45, 2.75) is 52.6 Å². The largest absolute Gasteiger partial charge is 0.340 e. The number of nitrogens with one attached hydrogen (secondary N) is 1. The van der Waals surface area contributed by atoms with Gasteiger partial charge in [-0.2, -0.15) is 0 Å². The third-order valence-electron chi connectivity index (χ3n) is 4.75. The number of likely N-dealkylation sites (N-methyl/N-ethyl adjacent to an activating group) is 1. The van der Waals surface area contributed by atoms with E-state index in [1.54, 1.807) is 24.3 Å². The van der Waals surface area contributed by atoms with Crippen molar-refractivity contribution in [3.63, 3.8) is 0 Å². The van der Waals surface area contributed by atoms with Crippen LogP contribution in [0, 0.1) is 5.92 Å². The molecule has 1 atom stereocenters. The number of amides is 2. The number of hydrogen-bond donors (Lipinski definition) is 1. The van der Waals surface area contributed by atoms with Gasteiger partial charge in [-0.3, -0.25) is 14.6 Å². The van der Waals surface area contributed by atoms with Gasteiger partial charge in [0.05, 0.1) is 0 Å². The van der Waals surface area contributed by atoms with Crippen LogP contribution in [0.25, 0.3) is 0 Å². The molecule has 150 valence electrons. The highest BCUT2D eigenvalue weighted by atomic mass is 16.2. The Kier molecular flexibility index (Phi) is 6.95. The van der Waals surface area contributed by atoms with Gasteiger partial charge in [0.25, 0.3) is 5.91 Å². The van der Waals surface area contributed by atoms with E-state index < -0.39 is 6.04 Å². The lowest BCUT2D eigenvalue weighted by Crippen LogP contribution is -2.50. The average molecular weight is 382 g/mol. The number of nitrogens with zero attached hydrogens (tertiary/aromatic N) is 2. The van der Waals surface area contributed by atoms with Crippen LogP contribution in [-0.4, -0.2) is 34.8 Å². The predicted molar refractivity (Wildman–Crippen MR) is 112 cm³/mol. The number of pyridine rings is 1. The van der Waals surface area contributed by atoms with Crippen molar-refractivity contribution in [1.29, 1.82) is 0 Å². The number of carbonyl (C=O) groups is 2. The molecule has 1 aromatic heterocycles. The van der Waals surface area contributed by atoms with Gasteiger partial charge in [-0.1, -0.05) is 52.8 Å². The monoisotopic (exact) mass is 381 g/mol. The van der Waals surface area contributed by atoms with Crippen LogP contribution < -0.4 is 5.32 Å². The van der Waals surface area contributed by atoms with Crippen molar-refractivity contribution >= 4 is 11.8 Å². The molecular formula is C23H31N3O2. The molecule has 5 heteroatoms. The minimum Gasteiger partial charge on any atom is -0.340 e. The third kappa shape index (κ3) is 5.65. The molecule has 0 aliphatic carbocycles. The predicted octanol–water partition coefficient (Wildman–Crippen LogP) is 3.79. The second-order valence-electron chi connectivity index (χ2n) is 8.58. The van der Waals surface area contributed by atoms with E-state index in [9.17, 15) is 9.59 Å². The first-order valence-corrected chi connectivity index (χ1v) is 9.65. The van der Waals surface area contributed by atoms with Crippen LogP contribution in [0.2, 0.25) is 0 Å². The molecule has 0 fully saturated rings. The molecule has 2 rings (SSSR count). The van der Waals surface area contributed by atoms with Crippen LogP contribution in [0.1, 0.15) is 56.1 Å². The van der Waals surface area contributed by atoms with E-state index in [1.807, 2.05) is 50.2 Å². The van der Waals surface area contributed by atoms with Crippen molar-refractivity contribution in [1.82, 2.24) is 15.2 Å². The highest BCUT2D eigenvalue weighted by Crippen LogP contribution is 2.22. The van der Waals surface area contributed by atoms with Crippen LogP contribution in [0.15, 0.2) is 48.8 Å². The first-order valence-electron chi connectivity index (χ1n) is 9.65. The summed E-state index contributed by atoms with van der Waals surface area (Å²) in [5.74, 6) is -0.373. The number of aromatic nitrogens is 1. The van der Waals surface area contributed by atoms with Crippen LogP contribution >= 0.6 is 0 Å². The zero-order chi connectivity index (χ0) is 20.9. The maximum Gasteiger partial charge on any atom is 0.251 e. The zero-order valence-electron chi connectivity index (χ0n) is 17.7. The highest BCUT2D eigenvalue weighted by molar-refractivity contribution is 5.97. The number of carbonyl (C=O) groups excluding carboxylic acids is 2. The molecule has 0 aliphatic rings. The summed E-state index contributed by atoms with van der Waals surface area (Å²) in [6.45, 7) is 10.7. The maximum atomic E-state index is 12.9. The van der Waals surface area contributed by atoms with Crippen molar-refractivity contribution < 1.29 is 9.59 Å². The van der Waals surface area contributed by atoms with Crippen LogP contribution in [0.4, 0.5) is 0 Å². The number of rotatable bonds is 6. The first-order chi connectivity index (χ1) is 13.1. The third-order valence-corrected chi connectivity index (χ3v) is 4.75. The summed E-state index contributed by atoms with van der Waals surface area (Å²) in [4.78, 5) is 31.4. The molecular weight excluding hydrogens is 350 g/mol. The Morgan fingerprint density at radius 1 is 1.11 bits per heavy atom. The van der Waals surface area contributed by atoms with Crippen LogP contribution in [-0.2, 0) is 16.8 Å². The molecule has 1 aromatic carbocycles. The van der Waals surface area contributed by atoms with E-state index in [2.05, 4.69) is 31.1 Å². The Morgan fingerprint density at radius 3 is 2.25 bits per heavy atom. The molecule has 2 amide bonds. The fourth-order valence-corrected chi connectivity index (χ4v) is 2.94. The summed E-state index contributed by atoms with van der Waals surface area (Å²) in [5.41, 5.74) is 2.70. The van der Waals surface area contributed by atoms with Crippen molar-refractivity contribution in [3.05, 3.63) is 65.5 Å². The molecule has 0 saturated heterocycles. The topological polar surface area (TPSA) is 62.3 Å². The number of benzene rings is 1. The molecule has 1 unspecified atom stereocenters. The lowest BCUT2D eigenvalue weighted by atomic mass is 9.86. The first kappa shape index (κ1) is 21.6. The van der Waals surface area contributed by atoms with Gasteiger partial charge in [0.15, 0.2) is 0 Å². The summed E-state index contributed by atoms with van der Waals surface area (Å²) < 4.78 is 0. The second kappa shape index (κ2) is 9.00. The Bertz CT molecular complexity index is 793. The maximum absolute atomic E-state index is 12.9. The Hall–Kier alpha value is -2.69. The Labute approximate surface area is 168 Å². The van der Waals surface area contributed by atoms with Gasteiger partial charge in [0.2, 0.25) is 5.91 Å². The van der Waals surface area contributed by atoms with Gasteiger partial charge < -0.3 is 10.2 Å². The van der Waals surface area contributed by atoms with Crippen LogP contribution in [0.5, 0.6) is 0 Å². The minimum absolute atomic E-state index is 0.0263. The van der Waals surface area contributed by atoms with E-state index in [0.717, 1.165) is 11.1 Å². The molecule has 5 nitrogen and oxygen atoms in total. The SMILES string of the molecule is CC(C)C(NC(=O)c1ccc(C(C)(C)C)cc1)C(=O)N(C)Cc1cccnc1. The van der Waals surface area contributed by atoms with Crippen LogP contribution in [0.3, 0.4) is 0 Å². The Morgan fingerprint density at radius 2 is 1.75 bits per heavy atom. The van der Waals surface area contributed by atoms with Crippen molar-refractivity contribution in [3.8, 4) is 0 Å². The van der Waals surface area contributed by atoms with Gasteiger partial charge >= 0.3 is 0 Å². The summed E-state index contributed by atoms with van der Waals surface area (Å²) >= 11 is 0. The second-order valence-corrected chi connectivity index (χ2v) is 8.58. The van der Waals surface area contributed by atoms with Gasteiger partial charge in [-0.25, -0.2) is 0 Å². The Balaban J connectivity index is 2.09. The molecule has 0 aliphatic heterocycles. The molecule has 0 spiro atoms. The molecule has 0 saturated carbocycles. The average Bonchev–Trinajstić information content (AvgIpc) is 2.65. The highest BCUT2D eigenvalue weighted by Gasteiger charge is 2.27. The van der Waals surface area contributed by atoms with Gasteiger partial charge in [0, 0.05) is 31.5 Å². The lowest BCUT2D eigenvalue weighted by Gasteiger charge is -2.27. The van der Waals surface area contributed by atoms with E-state index >= 15 is 0 Å². The smallest absolute Gasteiger partial charge is 0.251 e. The van der Waals surface area contributed by atoms with E-state index in [1.165, 1.54) is 0 Å². The van der Waals surface area contributed by atoms with Gasteiger partial charge in [-0.15, -0.1) is 0 Å². The molecule has 1 heterocycles. The fraction of sp³-hybridized carbons (Fsp3) is 0.435. The normalized spacial score (nSPS) is 12.5. The molecule has 2 aromatic rings. The summed E-state index contributed by atoms with van der Waals surface area (Å²) in [7, 11) is 1.75. The lowest BCUT2D eigenvalue weighted by molar-refractivity contribution is -0.133. The van der Waals surface area contributed by atoms with E-state index in [4.69, 9.17) is 0 Å². The molecule has 1 N–H and O–H groups in total. The van der Waals surface area contributed by atoms with Crippen molar-refractivity contribution in [2.75, 3.05) is 7.05 Å². The summed E-state index contributed by atoms with van der Waals surface area (Å²) in [6, 6.07) is 10.8. The number of hydrogen-bond acceptors (Lipinski definition) is 3. The fourth-order valence-electron chi connectivity index (χ4n) is 2.94. The standard InChI is InChI=1S/C23H31N3O2/c1-16(2)20(22(28)26(6)15-17-8-7-13-24-14-17)25-21(27)18-9-11-19(12-10-18)23(3,4)5/h7-14,16,20H,15H2,1-6H3,(H,25,27). The van der Waals surface area contributed by atoms with E-state index in [-0.39, 0.29) is 23.1 Å². The van der Waals surface area contributed by atoms with Crippen molar-refractivity contribution in [2.24, 2.45) is 5.92 Å². The quantitative estimate of drug-likeness (QED) is 0.828. The molecule has 0 radical (unpaired) electrons. The summed E-state index contributed by atoms with van der Waals surface area (Å²) in [5, 5.41) is 2.91. The van der Waals surface area contributed by atoms with E-state index in [0.29, 0.717) is 12.1 Å².